The predicted octanol–water partition coefficient (Wildman–Crippen LogP) is 2.11. The molecule has 1 aromatic carbocycles. The highest BCUT2D eigenvalue weighted by Gasteiger charge is 2.61. The summed E-state index contributed by atoms with van der Waals surface area (Å²) in [5.74, 6) is 1.23. The highest BCUT2D eigenvalue weighted by atomic mass is 16.7. The minimum atomic E-state index is -0.488. The van der Waals surface area contributed by atoms with Crippen molar-refractivity contribution < 1.29 is 33.0 Å². The molecule has 28 heavy (non-hydrogen) atoms. The summed E-state index contributed by atoms with van der Waals surface area (Å²) in [4.78, 5) is 23.7. The van der Waals surface area contributed by atoms with Crippen molar-refractivity contribution in [2.24, 2.45) is 5.92 Å². The number of likely N-dealkylation sites (N-methyl/N-ethyl adjacent to an activating group) is 1. The molecule has 1 saturated heterocycles. The number of quaternary nitrogens is 1. The number of nitrogens with zero attached hydrogens (tertiary/aromatic N) is 1. The largest absolute Gasteiger partial charge is 0.459 e. The fraction of sp³-hybridized carbons (Fsp3) is 0.619. The van der Waals surface area contributed by atoms with Gasteiger partial charge in [0.2, 0.25) is 6.79 Å². The van der Waals surface area contributed by atoms with Crippen molar-refractivity contribution in [3.05, 3.63) is 23.3 Å². The molecule has 3 aliphatic heterocycles. The predicted molar refractivity (Wildman–Crippen MR) is 97.7 cm³/mol. The smallest absolute Gasteiger partial charge is 0.303 e. The lowest BCUT2D eigenvalue weighted by molar-refractivity contribution is -0.940. The molecule has 7 nitrogen and oxygen atoms in total. The Morgan fingerprint density at radius 2 is 1.82 bits per heavy atom. The third-order valence-corrected chi connectivity index (χ3v) is 6.98. The summed E-state index contributed by atoms with van der Waals surface area (Å²) in [6.45, 7) is 5.06. The standard InChI is InChI=1S/C21H26NO6/c1-11(23)27-18-6-13-4-5-22(3)9-14-7-16-17(26-10-25-16)8-15(14)19(20(13)22)21(18)28-12(2)24/h7-8,13,18-21H,4-6,9-10H2,1-3H3/q+1/t13-,18-,19-,20+,21+,22-/m0/s1. The van der Waals surface area contributed by atoms with Crippen LogP contribution in [0.4, 0.5) is 0 Å². The average Bonchev–Trinajstić information content (AvgIpc) is 3.19. The molecule has 0 amide bonds. The maximum atomic E-state index is 12.0. The second kappa shape index (κ2) is 6.11. The van der Waals surface area contributed by atoms with Gasteiger partial charge in [0, 0.05) is 31.7 Å². The van der Waals surface area contributed by atoms with Crippen molar-refractivity contribution in [3.63, 3.8) is 0 Å². The maximum Gasteiger partial charge on any atom is 0.303 e. The number of hydrogen-bond donors (Lipinski definition) is 0. The summed E-state index contributed by atoms with van der Waals surface area (Å²) in [7, 11) is 2.29. The third kappa shape index (κ3) is 2.59. The number of carbonyl (C=O) groups is 2. The molecule has 0 radical (unpaired) electrons. The van der Waals surface area contributed by atoms with Gasteiger partial charge < -0.3 is 23.4 Å². The molecule has 3 heterocycles. The van der Waals surface area contributed by atoms with Gasteiger partial charge in [0.15, 0.2) is 17.6 Å². The second-order valence-electron chi connectivity index (χ2n) is 8.79. The first kappa shape index (κ1) is 17.8. The number of benzene rings is 1. The van der Waals surface area contributed by atoms with E-state index in [4.69, 9.17) is 18.9 Å². The van der Waals surface area contributed by atoms with Crippen LogP contribution in [0.15, 0.2) is 12.1 Å². The lowest BCUT2D eigenvalue weighted by Crippen LogP contribution is -2.62. The van der Waals surface area contributed by atoms with E-state index < -0.39 is 12.2 Å². The van der Waals surface area contributed by atoms with E-state index in [0.29, 0.717) is 12.0 Å². The fourth-order valence-corrected chi connectivity index (χ4v) is 6.14. The van der Waals surface area contributed by atoms with Gasteiger partial charge in [-0.1, -0.05) is 0 Å². The summed E-state index contributed by atoms with van der Waals surface area (Å²) in [6.07, 6.45) is 0.920. The van der Waals surface area contributed by atoms with Crippen LogP contribution < -0.4 is 9.47 Å². The van der Waals surface area contributed by atoms with Crippen LogP contribution in [-0.2, 0) is 25.6 Å². The molecule has 0 unspecified atom stereocenters. The number of ether oxygens (including phenoxy) is 4. The first-order valence-electron chi connectivity index (χ1n) is 9.97. The van der Waals surface area contributed by atoms with Crippen LogP contribution in [0.2, 0.25) is 0 Å². The first-order valence-corrected chi connectivity index (χ1v) is 9.97. The van der Waals surface area contributed by atoms with E-state index in [0.717, 1.165) is 47.5 Å². The van der Waals surface area contributed by atoms with Crippen molar-refractivity contribution in [3.8, 4) is 11.5 Å². The molecule has 7 heteroatoms. The van der Waals surface area contributed by atoms with Crippen LogP contribution in [0.1, 0.15) is 43.7 Å². The topological polar surface area (TPSA) is 71.1 Å². The van der Waals surface area contributed by atoms with E-state index in [1.165, 1.54) is 19.4 Å². The number of esters is 2. The normalized spacial score (nSPS) is 37.0. The van der Waals surface area contributed by atoms with Gasteiger partial charge in [-0.05, 0) is 24.1 Å². The molecule has 1 saturated carbocycles. The van der Waals surface area contributed by atoms with Crippen LogP contribution in [0.3, 0.4) is 0 Å². The SMILES string of the molecule is CC(=O)O[C@H]1[C@H]2c3cc4c(cc3C[N@+]3(C)CC[C@@H](C[C@@H]1OC(C)=O)[C@H]23)OCO4. The van der Waals surface area contributed by atoms with Gasteiger partial charge in [0.25, 0.3) is 0 Å². The molecular weight excluding hydrogens is 362 g/mol. The first-order chi connectivity index (χ1) is 13.4. The van der Waals surface area contributed by atoms with Crippen LogP contribution in [-0.4, -0.2) is 55.1 Å². The Bertz CT molecular complexity index is 854. The molecule has 0 spiro atoms. The summed E-state index contributed by atoms with van der Waals surface area (Å²) in [5.41, 5.74) is 2.34. The zero-order chi connectivity index (χ0) is 19.6. The Kier molecular flexibility index (Phi) is 3.88. The quantitative estimate of drug-likeness (QED) is 0.571. The number of fused-ring (bicyclic) bond motifs is 3. The monoisotopic (exact) mass is 388 g/mol. The molecule has 2 fully saturated rings. The Morgan fingerprint density at radius 3 is 2.54 bits per heavy atom. The van der Waals surface area contributed by atoms with Crippen molar-refractivity contribution in [2.75, 3.05) is 20.4 Å². The van der Waals surface area contributed by atoms with Crippen molar-refractivity contribution in [1.82, 2.24) is 0 Å². The summed E-state index contributed by atoms with van der Waals surface area (Å²) >= 11 is 0. The molecule has 4 aliphatic rings. The molecule has 0 N–H and O–H groups in total. The number of hydrogen-bond acceptors (Lipinski definition) is 6. The number of rotatable bonds is 2. The Morgan fingerprint density at radius 1 is 1.11 bits per heavy atom. The Balaban J connectivity index is 1.65. The number of carbonyl (C=O) groups excluding carboxylic acids is 2. The van der Waals surface area contributed by atoms with E-state index in [-0.39, 0.29) is 24.6 Å². The lowest BCUT2D eigenvalue weighted by atomic mass is 9.67. The van der Waals surface area contributed by atoms with Crippen molar-refractivity contribution >= 4 is 11.9 Å². The van der Waals surface area contributed by atoms with E-state index in [1.54, 1.807) is 0 Å². The average molecular weight is 388 g/mol. The van der Waals surface area contributed by atoms with Crippen LogP contribution in [0.25, 0.3) is 0 Å². The zero-order valence-corrected chi connectivity index (χ0v) is 16.5. The summed E-state index contributed by atoms with van der Waals surface area (Å²) < 4.78 is 23.6. The lowest BCUT2D eigenvalue weighted by Gasteiger charge is -2.52. The fourth-order valence-electron chi connectivity index (χ4n) is 6.14. The van der Waals surface area contributed by atoms with E-state index in [2.05, 4.69) is 13.1 Å². The van der Waals surface area contributed by atoms with E-state index in [1.807, 2.05) is 6.07 Å². The minimum Gasteiger partial charge on any atom is -0.459 e. The molecule has 0 bridgehead atoms. The molecule has 0 aromatic heterocycles. The zero-order valence-electron chi connectivity index (χ0n) is 16.5. The van der Waals surface area contributed by atoms with Crippen molar-refractivity contribution in [1.29, 1.82) is 0 Å². The van der Waals surface area contributed by atoms with Crippen LogP contribution in [0, 0.1) is 5.92 Å². The van der Waals surface area contributed by atoms with E-state index >= 15 is 0 Å². The van der Waals surface area contributed by atoms with Crippen molar-refractivity contribution in [2.45, 2.75) is 57.4 Å². The third-order valence-electron chi connectivity index (χ3n) is 6.98. The van der Waals surface area contributed by atoms with Crippen LogP contribution in [0.5, 0.6) is 11.5 Å². The van der Waals surface area contributed by atoms with E-state index in [9.17, 15) is 9.59 Å². The molecule has 1 aromatic rings. The summed E-state index contributed by atoms with van der Waals surface area (Å²) in [6, 6.07) is 4.46. The molecule has 150 valence electrons. The Hall–Kier alpha value is -2.28. The highest BCUT2D eigenvalue weighted by Crippen LogP contribution is 2.55. The summed E-state index contributed by atoms with van der Waals surface area (Å²) in [5, 5.41) is 0. The second-order valence-corrected chi connectivity index (χ2v) is 8.79. The molecule has 6 atom stereocenters. The minimum absolute atomic E-state index is 0.0299. The molecule has 1 aliphatic carbocycles. The molecule has 5 rings (SSSR count). The van der Waals surface area contributed by atoms with Crippen LogP contribution >= 0.6 is 0 Å². The van der Waals surface area contributed by atoms with Gasteiger partial charge in [-0.2, -0.15) is 0 Å². The van der Waals surface area contributed by atoms with Gasteiger partial charge >= 0.3 is 11.9 Å². The van der Waals surface area contributed by atoms with Gasteiger partial charge in [-0.15, -0.1) is 0 Å². The van der Waals surface area contributed by atoms with Gasteiger partial charge in [0.05, 0.1) is 19.5 Å². The van der Waals surface area contributed by atoms with Gasteiger partial charge in [0.1, 0.15) is 18.7 Å². The highest BCUT2D eigenvalue weighted by molar-refractivity contribution is 5.67. The van der Waals surface area contributed by atoms with Gasteiger partial charge in [-0.3, -0.25) is 9.59 Å². The molecular formula is C21H26NO6+. The Labute approximate surface area is 164 Å². The van der Waals surface area contributed by atoms with Gasteiger partial charge in [-0.25, -0.2) is 0 Å². The maximum absolute atomic E-state index is 12.0.